The summed E-state index contributed by atoms with van der Waals surface area (Å²) in [4.78, 5) is 44.9. The number of carbonyl (C=O) groups is 3. The summed E-state index contributed by atoms with van der Waals surface area (Å²) in [7, 11) is 0. The fourth-order valence-electron chi connectivity index (χ4n) is 6.42. The van der Waals surface area contributed by atoms with E-state index < -0.39 is 23.6 Å². The van der Waals surface area contributed by atoms with Crippen molar-refractivity contribution in [3.63, 3.8) is 0 Å². The second-order valence-corrected chi connectivity index (χ2v) is 11.9. The first kappa shape index (κ1) is 29.6. The first-order valence-corrected chi connectivity index (χ1v) is 15.7. The quantitative estimate of drug-likeness (QED) is 0.317. The highest BCUT2D eigenvalue weighted by Gasteiger charge is 2.62. The van der Waals surface area contributed by atoms with Gasteiger partial charge in [-0.3, -0.25) is 9.59 Å². The molecule has 0 radical (unpaired) electrons. The minimum absolute atomic E-state index is 0.134. The van der Waals surface area contributed by atoms with Gasteiger partial charge in [-0.1, -0.05) is 73.5 Å². The zero-order valence-electron chi connectivity index (χ0n) is 25.1. The Kier molecular flexibility index (Phi) is 8.77. The molecule has 3 heterocycles. The number of ether oxygens (including phenoxy) is 1. The summed E-state index contributed by atoms with van der Waals surface area (Å²) < 4.78 is 5.41. The number of hydrogen-bond donors (Lipinski definition) is 2. The number of hydrogen-bond acceptors (Lipinski definition) is 7. The van der Waals surface area contributed by atoms with Gasteiger partial charge in [0.1, 0.15) is 23.3 Å². The number of allylic oxidation sites excluding steroid dienone is 1. The predicted octanol–water partition coefficient (Wildman–Crippen LogP) is 4.53. The molecule has 1 aliphatic carbocycles. The molecule has 230 valence electrons. The topological polar surface area (TPSA) is 118 Å². The Morgan fingerprint density at radius 3 is 2.61 bits per heavy atom. The van der Waals surface area contributed by atoms with Crippen LogP contribution < -0.4 is 10.6 Å². The number of anilines is 1. The van der Waals surface area contributed by atoms with E-state index >= 15 is 0 Å². The molecular formula is C34H40N6O4. The molecule has 2 aromatic carbocycles. The summed E-state index contributed by atoms with van der Waals surface area (Å²) >= 11 is 0. The van der Waals surface area contributed by atoms with Crippen molar-refractivity contribution in [3.05, 3.63) is 79.0 Å². The van der Waals surface area contributed by atoms with Gasteiger partial charge >= 0.3 is 5.97 Å². The van der Waals surface area contributed by atoms with Crippen molar-refractivity contribution in [2.75, 3.05) is 18.5 Å². The molecule has 1 aromatic heterocycles. The second kappa shape index (κ2) is 13.0. The zero-order valence-corrected chi connectivity index (χ0v) is 25.1. The van der Waals surface area contributed by atoms with Crippen molar-refractivity contribution in [1.82, 2.24) is 25.2 Å². The molecule has 0 unspecified atom stereocenters. The molecule has 3 aromatic rings. The Bertz CT molecular complexity index is 1490. The van der Waals surface area contributed by atoms with E-state index in [1.807, 2.05) is 66.7 Å². The minimum atomic E-state index is -1.11. The van der Waals surface area contributed by atoms with Gasteiger partial charge in [-0.2, -0.15) is 15.0 Å². The second-order valence-electron chi connectivity index (χ2n) is 11.9. The number of fused-ring (bicyclic) bond motifs is 2. The molecule has 44 heavy (non-hydrogen) atoms. The van der Waals surface area contributed by atoms with E-state index in [4.69, 9.17) is 9.84 Å². The Morgan fingerprint density at radius 1 is 1.07 bits per heavy atom. The van der Waals surface area contributed by atoms with E-state index in [1.54, 1.807) is 22.8 Å². The molecule has 6 rings (SSSR count). The van der Waals surface area contributed by atoms with E-state index in [9.17, 15) is 14.4 Å². The highest BCUT2D eigenvalue weighted by Crippen LogP contribution is 2.46. The zero-order chi connectivity index (χ0) is 30.5. The van der Waals surface area contributed by atoms with E-state index in [0.29, 0.717) is 19.3 Å². The minimum Gasteiger partial charge on any atom is -0.464 e. The van der Waals surface area contributed by atoms with Crippen molar-refractivity contribution >= 4 is 23.5 Å². The Morgan fingerprint density at radius 2 is 1.84 bits per heavy atom. The molecule has 5 atom stereocenters. The van der Waals surface area contributed by atoms with E-state index in [1.165, 1.54) is 0 Å². The van der Waals surface area contributed by atoms with E-state index in [0.717, 1.165) is 42.6 Å². The predicted molar refractivity (Wildman–Crippen MR) is 166 cm³/mol. The number of aromatic nitrogens is 3. The van der Waals surface area contributed by atoms with Gasteiger partial charge in [0.15, 0.2) is 0 Å². The van der Waals surface area contributed by atoms with Gasteiger partial charge in [0.25, 0.3) is 0 Å². The summed E-state index contributed by atoms with van der Waals surface area (Å²) in [6, 6.07) is 17.9. The molecule has 2 N–H and O–H groups in total. The van der Waals surface area contributed by atoms with Gasteiger partial charge in [0.05, 0.1) is 18.8 Å². The lowest BCUT2D eigenvalue weighted by Gasteiger charge is -2.30. The number of amides is 2. The lowest BCUT2D eigenvalue weighted by atomic mass is 10.0. The lowest BCUT2D eigenvalue weighted by Crippen LogP contribution is -2.55. The van der Waals surface area contributed by atoms with Crippen LogP contribution >= 0.6 is 0 Å². The maximum atomic E-state index is 14.4. The van der Waals surface area contributed by atoms with Crippen LogP contribution in [0.4, 0.5) is 5.69 Å². The third-order valence-corrected chi connectivity index (χ3v) is 8.91. The van der Waals surface area contributed by atoms with Crippen LogP contribution in [-0.2, 0) is 19.1 Å². The highest BCUT2D eigenvalue weighted by atomic mass is 16.5. The standard InChI is InChI=1S/C34H40N6O4/c1-2-44-33(43)34-21-25(34)16-10-4-3-5-13-19-28(36-26-17-11-7-12-18-26)32(42)39-23-27(20-30(39)31(41)37-34)40-35-22-29(38-40)24-14-8-6-9-15-24/h6-12,14-18,22,25,27-28,30,36H,2-5,13,19-21,23H2,1H3,(H,37,41)/b16-10-/t25-,27-,28+,30+,34-/m1/s1. The van der Waals surface area contributed by atoms with Crippen LogP contribution in [0.5, 0.6) is 0 Å². The fourth-order valence-corrected chi connectivity index (χ4v) is 6.42. The molecule has 1 saturated heterocycles. The average molecular weight is 597 g/mol. The summed E-state index contributed by atoms with van der Waals surface area (Å²) in [6.45, 7) is 2.27. The van der Waals surface area contributed by atoms with Gasteiger partial charge in [0, 0.05) is 30.1 Å². The summed E-state index contributed by atoms with van der Waals surface area (Å²) in [5, 5.41) is 15.8. The largest absolute Gasteiger partial charge is 0.464 e. The Labute approximate surface area is 257 Å². The third kappa shape index (κ3) is 6.25. The molecule has 2 aliphatic heterocycles. The average Bonchev–Trinajstić information content (AvgIpc) is 3.36. The van der Waals surface area contributed by atoms with Crippen LogP contribution in [-0.4, -0.2) is 68.5 Å². The van der Waals surface area contributed by atoms with Crippen molar-refractivity contribution in [3.8, 4) is 11.3 Å². The molecule has 0 bridgehead atoms. The number of nitrogens with one attached hydrogen (secondary N) is 2. The molecule has 1 saturated carbocycles. The maximum Gasteiger partial charge on any atom is 0.332 e. The summed E-state index contributed by atoms with van der Waals surface area (Å²) in [6.07, 6.45) is 11.0. The lowest BCUT2D eigenvalue weighted by molar-refractivity contribution is -0.150. The van der Waals surface area contributed by atoms with Crippen molar-refractivity contribution < 1.29 is 19.1 Å². The van der Waals surface area contributed by atoms with Gasteiger partial charge in [-0.25, -0.2) is 4.79 Å². The van der Waals surface area contributed by atoms with Gasteiger partial charge in [-0.15, -0.1) is 0 Å². The third-order valence-electron chi connectivity index (χ3n) is 8.91. The maximum absolute atomic E-state index is 14.4. The first-order valence-electron chi connectivity index (χ1n) is 15.7. The molecule has 10 nitrogen and oxygen atoms in total. The number of esters is 1. The number of benzene rings is 2. The van der Waals surface area contributed by atoms with Crippen LogP contribution in [0, 0.1) is 5.92 Å². The van der Waals surface area contributed by atoms with E-state index in [2.05, 4.69) is 21.8 Å². The normalized spacial score (nSPS) is 28.1. The highest BCUT2D eigenvalue weighted by molar-refractivity contribution is 5.96. The SMILES string of the molecule is CCOC(=O)[C@@]12C[C@H]1/C=C\CCCCC[C@H](Nc1ccccc1)C(=O)N1C[C@H](n3ncc(-c4ccccc4)n3)C[C@H]1C(=O)N2. The van der Waals surface area contributed by atoms with Gasteiger partial charge < -0.3 is 20.3 Å². The number of carbonyl (C=O) groups excluding carboxylic acids is 3. The van der Waals surface area contributed by atoms with Crippen LogP contribution in [0.15, 0.2) is 79.0 Å². The van der Waals surface area contributed by atoms with Crippen LogP contribution in [0.1, 0.15) is 57.9 Å². The van der Waals surface area contributed by atoms with Crippen molar-refractivity contribution in [2.45, 2.75) is 75.5 Å². The van der Waals surface area contributed by atoms with Crippen molar-refractivity contribution in [1.29, 1.82) is 0 Å². The Hall–Kier alpha value is -4.47. The van der Waals surface area contributed by atoms with E-state index in [-0.39, 0.29) is 36.9 Å². The van der Waals surface area contributed by atoms with Crippen LogP contribution in [0.25, 0.3) is 11.3 Å². The first-order chi connectivity index (χ1) is 21.5. The van der Waals surface area contributed by atoms with Gasteiger partial charge in [-0.05, 0) is 44.7 Å². The Balaban J connectivity index is 1.31. The summed E-state index contributed by atoms with van der Waals surface area (Å²) in [5.74, 6) is -1.05. The number of para-hydroxylation sites is 1. The van der Waals surface area contributed by atoms with Crippen LogP contribution in [0.3, 0.4) is 0 Å². The molecule has 3 aliphatic rings. The van der Waals surface area contributed by atoms with Gasteiger partial charge in [0.2, 0.25) is 11.8 Å². The number of rotatable bonds is 6. The monoisotopic (exact) mass is 596 g/mol. The van der Waals surface area contributed by atoms with Crippen molar-refractivity contribution in [2.24, 2.45) is 5.92 Å². The molecular weight excluding hydrogens is 556 g/mol. The van der Waals surface area contributed by atoms with Crippen LogP contribution in [0.2, 0.25) is 0 Å². The molecule has 2 fully saturated rings. The molecule has 0 spiro atoms. The molecule has 2 amide bonds. The fraction of sp³-hybridized carbons (Fsp3) is 0.441. The summed E-state index contributed by atoms with van der Waals surface area (Å²) in [5.41, 5.74) is 1.41. The smallest absolute Gasteiger partial charge is 0.332 e. The number of nitrogens with zero attached hydrogens (tertiary/aromatic N) is 4. The molecule has 10 heteroatoms.